The van der Waals surface area contributed by atoms with E-state index in [2.05, 4.69) is 35.1 Å². The van der Waals surface area contributed by atoms with Crippen molar-refractivity contribution in [2.24, 2.45) is 0 Å². The molecule has 1 saturated carbocycles. The number of carbonyl (C=O) groups excluding carboxylic acids is 2. The van der Waals surface area contributed by atoms with E-state index in [0.717, 1.165) is 46.8 Å². The minimum atomic E-state index is -0.659. The number of hydrogen-bond acceptors (Lipinski definition) is 3. The van der Waals surface area contributed by atoms with Gasteiger partial charge in [-0.05, 0) is 70.4 Å². The van der Waals surface area contributed by atoms with Crippen LogP contribution in [0.1, 0.15) is 74.1 Å². The summed E-state index contributed by atoms with van der Waals surface area (Å²) in [5, 5.41) is 3.29. The summed E-state index contributed by atoms with van der Waals surface area (Å²) >= 11 is 3.60. The molecule has 40 heavy (non-hydrogen) atoms. The van der Waals surface area contributed by atoms with Gasteiger partial charge >= 0.3 is 0 Å². The van der Waals surface area contributed by atoms with Crippen LogP contribution in [0.2, 0.25) is 0 Å². The number of ether oxygens (including phenoxy) is 1. The molecule has 1 aliphatic rings. The molecule has 4 rings (SSSR count). The van der Waals surface area contributed by atoms with Crippen LogP contribution in [0, 0.1) is 6.92 Å². The third-order valence-electron chi connectivity index (χ3n) is 7.67. The van der Waals surface area contributed by atoms with Gasteiger partial charge in [-0.25, -0.2) is 0 Å². The number of nitrogens with one attached hydrogen (secondary N) is 1. The highest BCUT2D eigenvalue weighted by Gasteiger charge is 2.32. The van der Waals surface area contributed by atoms with Crippen molar-refractivity contribution in [2.45, 2.75) is 83.8 Å². The van der Waals surface area contributed by atoms with Crippen molar-refractivity contribution < 1.29 is 14.3 Å². The summed E-state index contributed by atoms with van der Waals surface area (Å²) in [5.41, 5.74) is 4.33. The minimum Gasteiger partial charge on any atom is -0.483 e. The molecule has 1 atom stereocenters. The second-order valence-corrected chi connectivity index (χ2v) is 12.0. The lowest BCUT2D eigenvalue weighted by Gasteiger charge is -2.33. The summed E-state index contributed by atoms with van der Waals surface area (Å²) in [6.07, 6.45) is 5.86. The number of carbonyl (C=O) groups is 2. The predicted octanol–water partition coefficient (Wildman–Crippen LogP) is 7.35. The Labute approximate surface area is 247 Å². The summed E-state index contributed by atoms with van der Waals surface area (Å²) in [6, 6.07) is 23.5. The van der Waals surface area contributed by atoms with Crippen molar-refractivity contribution in [1.82, 2.24) is 10.2 Å². The van der Waals surface area contributed by atoms with Crippen molar-refractivity contribution in [3.8, 4) is 5.75 Å². The van der Waals surface area contributed by atoms with E-state index in [-0.39, 0.29) is 24.5 Å². The van der Waals surface area contributed by atoms with Gasteiger partial charge in [0.25, 0.3) is 5.91 Å². The first-order chi connectivity index (χ1) is 19.3. The highest BCUT2D eigenvalue weighted by Crippen LogP contribution is 2.29. The number of hydrogen-bond donors (Lipinski definition) is 1. The molecule has 0 heterocycles. The van der Waals surface area contributed by atoms with E-state index in [4.69, 9.17) is 4.74 Å². The molecular weight excluding hydrogens is 564 g/mol. The lowest BCUT2D eigenvalue weighted by Crippen LogP contribution is -2.53. The van der Waals surface area contributed by atoms with Crippen LogP contribution < -0.4 is 10.1 Å². The molecule has 0 bridgehead atoms. The lowest BCUT2D eigenvalue weighted by atomic mass is 9.94. The maximum atomic E-state index is 13.9. The SMILES string of the molecule is Cc1ccc(CN(C(=O)COc2ccc(C(C)C)cc2Br)[C@H](Cc2ccccc2)C(=O)NC2CCCCC2)cc1. The summed E-state index contributed by atoms with van der Waals surface area (Å²) in [5.74, 6) is 0.677. The second-order valence-electron chi connectivity index (χ2n) is 11.2. The van der Waals surface area contributed by atoms with Crippen LogP contribution >= 0.6 is 15.9 Å². The fraction of sp³-hybridized carbons (Fsp3) is 0.412. The number of rotatable bonds is 11. The van der Waals surface area contributed by atoms with Crippen LogP contribution in [0.15, 0.2) is 77.3 Å². The van der Waals surface area contributed by atoms with Crippen molar-refractivity contribution in [1.29, 1.82) is 0 Å². The van der Waals surface area contributed by atoms with Crippen LogP contribution in [0.4, 0.5) is 0 Å². The van der Waals surface area contributed by atoms with Gasteiger partial charge in [0.05, 0.1) is 4.47 Å². The number of benzene rings is 3. The van der Waals surface area contributed by atoms with Crippen molar-refractivity contribution in [2.75, 3.05) is 6.61 Å². The molecule has 2 amide bonds. The maximum Gasteiger partial charge on any atom is 0.261 e. The lowest BCUT2D eigenvalue weighted by molar-refractivity contribution is -0.143. The van der Waals surface area contributed by atoms with Gasteiger partial charge in [0.1, 0.15) is 11.8 Å². The largest absolute Gasteiger partial charge is 0.483 e. The molecule has 212 valence electrons. The molecule has 6 heteroatoms. The highest BCUT2D eigenvalue weighted by atomic mass is 79.9. The van der Waals surface area contributed by atoms with Gasteiger partial charge in [0.2, 0.25) is 5.91 Å². The molecule has 1 fully saturated rings. The van der Waals surface area contributed by atoms with Gasteiger partial charge in [-0.1, -0.05) is 99.3 Å². The zero-order valence-corrected chi connectivity index (χ0v) is 25.5. The molecule has 0 aliphatic heterocycles. The van der Waals surface area contributed by atoms with E-state index in [0.29, 0.717) is 24.6 Å². The molecule has 0 unspecified atom stereocenters. The molecule has 0 aromatic heterocycles. The van der Waals surface area contributed by atoms with Gasteiger partial charge in [-0.3, -0.25) is 9.59 Å². The number of nitrogens with zero attached hydrogens (tertiary/aromatic N) is 1. The van der Waals surface area contributed by atoms with Gasteiger partial charge in [0, 0.05) is 19.0 Å². The first kappa shape index (κ1) is 29.9. The van der Waals surface area contributed by atoms with Gasteiger partial charge in [0.15, 0.2) is 6.61 Å². The molecule has 1 aliphatic carbocycles. The van der Waals surface area contributed by atoms with Crippen molar-refractivity contribution in [3.05, 3.63) is 99.5 Å². The maximum absolute atomic E-state index is 13.9. The second kappa shape index (κ2) is 14.5. The van der Waals surface area contributed by atoms with E-state index in [1.807, 2.05) is 79.7 Å². The standard InChI is InChI=1S/C34H41BrN2O3/c1-24(2)28-18-19-32(30(35)21-28)40-23-33(38)37(22-27-16-14-25(3)15-17-27)31(20-26-10-6-4-7-11-26)34(39)36-29-12-8-5-9-13-29/h4,6-7,10-11,14-19,21,24,29,31H,5,8-9,12-13,20,22-23H2,1-3H3,(H,36,39)/t31-/m1/s1. The monoisotopic (exact) mass is 604 g/mol. The molecule has 3 aromatic carbocycles. The predicted molar refractivity (Wildman–Crippen MR) is 164 cm³/mol. The van der Waals surface area contributed by atoms with Gasteiger partial charge in [-0.15, -0.1) is 0 Å². The molecule has 3 aromatic rings. The smallest absolute Gasteiger partial charge is 0.261 e. The normalized spacial score (nSPS) is 14.5. The number of halogens is 1. The minimum absolute atomic E-state index is 0.0984. The van der Waals surface area contributed by atoms with E-state index in [9.17, 15) is 9.59 Å². The zero-order valence-electron chi connectivity index (χ0n) is 23.9. The fourth-order valence-electron chi connectivity index (χ4n) is 5.20. The first-order valence-electron chi connectivity index (χ1n) is 14.4. The summed E-state index contributed by atoms with van der Waals surface area (Å²) < 4.78 is 6.84. The van der Waals surface area contributed by atoms with Crippen LogP contribution in [0.5, 0.6) is 5.75 Å². The first-order valence-corrected chi connectivity index (χ1v) is 15.2. The molecular formula is C34H41BrN2O3. The molecule has 1 N–H and O–H groups in total. The molecule has 0 spiro atoms. The van der Waals surface area contributed by atoms with Crippen molar-refractivity contribution in [3.63, 3.8) is 0 Å². The van der Waals surface area contributed by atoms with E-state index < -0.39 is 6.04 Å². The van der Waals surface area contributed by atoms with Crippen molar-refractivity contribution >= 4 is 27.7 Å². The molecule has 0 saturated heterocycles. The Balaban J connectivity index is 1.60. The van der Waals surface area contributed by atoms with Crippen LogP contribution in [-0.4, -0.2) is 35.4 Å². The summed E-state index contributed by atoms with van der Waals surface area (Å²) in [6.45, 7) is 6.48. The number of aryl methyl sites for hydroxylation is 1. The Morgan fingerprint density at radius 2 is 1.65 bits per heavy atom. The Hall–Kier alpha value is -3.12. The van der Waals surface area contributed by atoms with Crippen LogP contribution in [0.3, 0.4) is 0 Å². The van der Waals surface area contributed by atoms with Crippen LogP contribution in [-0.2, 0) is 22.6 Å². The highest BCUT2D eigenvalue weighted by molar-refractivity contribution is 9.10. The quantitative estimate of drug-likeness (QED) is 0.249. The zero-order chi connectivity index (χ0) is 28.5. The Bertz CT molecular complexity index is 1250. The fourth-order valence-corrected chi connectivity index (χ4v) is 5.72. The van der Waals surface area contributed by atoms with E-state index in [1.165, 1.54) is 12.0 Å². The average Bonchev–Trinajstić information content (AvgIpc) is 2.96. The van der Waals surface area contributed by atoms with Crippen LogP contribution in [0.25, 0.3) is 0 Å². The number of amides is 2. The van der Waals surface area contributed by atoms with Gasteiger partial charge in [-0.2, -0.15) is 0 Å². The summed E-state index contributed by atoms with van der Waals surface area (Å²) in [7, 11) is 0. The average molecular weight is 606 g/mol. The third-order valence-corrected chi connectivity index (χ3v) is 8.29. The van der Waals surface area contributed by atoms with E-state index in [1.54, 1.807) is 4.90 Å². The summed E-state index contributed by atoms with van der Waals surface area (Å²) in [4.78, 5) is 29.5. The Morgan fingerprint density at radius 1 is 0.950 bits per heavy atom. The Morgan fingerprint density at radius 3 is 2.30 bits per heavy atom. The third kappa shape index (κ3) is 8.44. The molecule has 0 radical (unpaired) electrons. The topological polar surface area (TPSA) is 58.6 Å². The Kier molecular flexibility index (Phi) is 10.8. The van der Waals surface area contributed by atoms with Gasteiger partial charge < -0.3 is 15.0 Å². The van der Waals surface area contributed by atoms with E-state index >= 15 is 0 Å². The molecule has 5 nitrogen and oxygen atoms in total.